The van der Waals surface area contributed by atoms with Gasteiger partial charge in [-0.25, -0.2) is 9.97 Å². The number of thioether (sulfide) groups is 1. The first-order valence-electron chi connectivity index (χ1n) is 10.0. The molecule has 164 valence electrons. The zero-order valence-corrected chi connectivity index (χ0v) is 20.1. The van der Waals surface area contributed by atoms with E-state index in [1.54, 1.807) is 18.0 Å². The van der Waals surface area contributed by atoms with Gasteiger partial charge in [0.25, 0.3) is 0 Å². The van der Waals surface area contributed by atoms with Crippen LogP contribution in [0.3, 0.4) is 0 Å². The third kappa shape index (κ3) is 4.45. The number of pyridine rings is 1. The minimum Gasteiger partial charge on any atom is -0.435 e. The second-order valence-electron chi connectivity index (χ2n) is 8.11. The van der Waals surface area contributed by atoms with E-state index in [4.69, 9.17) is 22.1 Å². The van der Waals surface area contributed by atoms with Gasteiger partial charge in [-0.15, -0.1) is 11.8 Å². The van der Waals surface area contributed by atoms with Gasteiger partial charge < -0.3 is 17.9 Å². The van der Waals surface area contributed by atoms with Crippen LogP contribution in [0.15, 0.2) is 39.8 Å². The Hall–Kier alpha value is -1.72. The van der Waals surface area contributed by atoms with Crippen molar-refractivity contribution in [1.29, 1.82) is 0 Å². The zero-order chi connectivity index (χ0) is 22.2. The third-order valence-corrected chi connectivity index (χ3v) is 6.79. The van der Waals surface area contributed by atoms with Crippen LogP contribution in [0.1, 0.15) is 34.6 Å². The summed E-state index contributed by atoms with van der Waals surface area (Å²) in [6, 6.07) is 7.73. The predicted molar refractivity (Wildman–Crippen MR) is 125 cm³/mol. The summed E-state index contributed by atoms with van der Waals surface area (Å²) in [5.41, 5.74) is 1.78. The van der Waals surface area contributed by atoms with E-state index >= 15 is 0 Å². The molecule has 0 spiro atoms. The van der Waals surface area contributed by atoms with Crippen LogP contribution >= 0.6 is 24.1 Å². The average Bonchev–Trinajstić information content (AvgIpc) is 3.24. The molecular weight excluding hydrogens is 435 g/mol. The van der Waals surface area contributed by atoms with E-state index in [0.717, 1.165) is 28.2 Å². The standard InChI is InChI=1S/C21H25BN2O5S2/c1-7-25-31-27-17-10-13(22-28-20(2,3)21(4,5)29-22)12-23-18(17)19-24-15-11-14(30-6)8-9-16(15)26-19/h8-12H,7H2,1-6H3. The Morgan fingerprint density at radius 2 is 1.84 bits per heavy atom. The summed E-state index contributed by atoms with van der Waals surface area (Å²) in [5, 5.41) is 0. The smallest absolute Gasteiger partial charge is 0.435 e. The first-order chi connectivity index (χ1) is 14.7. The Balaban J connectivity index is 1.71. The van der Waals surface area contributed by atoms with Crippen molar-refractivity contribution in [3.8, 4) is 17.3 Å². The number of benzene rings is 1. The Labute approximate surface area is 191 Å². The maximum atomic E-state index is 6.15. The van der Waals surface area contributed by atoms with E-state index < -0.39 is 18.3 Å². The Bertz CT molecular complexity index is 1070. The maximum absolute atomic E-state index is 6.15. The fourth-order valence-corrected chi connectivity index (χ4v) is 3.81. The van der Waals surface area contributed by atoms with E-state index in [-0.39, 0.29) is 0 Å². The summed E-state index contributed by atoms with van der Waals surface area (Å²) in [6.07, 6.45) is 3.73. The molecule has 10 heteroatoms. The first kappa shape index (κ1) is 22.5. The lowest BCUT2D eigenvalue weighted by molar-refractivity contribution is 0.00578. The molecule has 0 atom stereocenters. The van der Waals surface area contributed by atoms with Gasteiger partial charge in [-0.3, -0.25) is 4.18 Å². The molecule has 0 aliphatic carbocycles. The highest BCUT2D eigenvalue weighted by Crippen LogP contribution is 2.38. The molecule has 7 nitrogen and oxygen atoms in total. The monoisotopic (exact) mass is 460 g/mol. The predicted octanol–water partition coefficient (Wildman–Crippen LogP) is 4.89. The molecule has 2 aromatic heterocycles. The van der Waals surface area contributed by atoms with Crippen LogP contribution in [0.25, 0.3) is 22.7 Å². The van der Waals surface area contributed by atoms with Gasteiger partial charge in [-0.05, 0) is 65.1 Å². The summed E-state index contributed by atoms with van der Waals surface area (Å²) in [6.45, 7) is 10.4. The number of hydrogen-bond acceptors (Lipinski definition) is 9. The van der Waals surface area contributed by atoms with Gasteiger partial charge in [0.15, 0.2) is 17.0 Å². The summed E-state index contributed by atoms with van der Waals surface area (Å²) in [5.74, 6) is 0.836. The minimum atomic E-state index is -0.557. The normalized spacial score (nSPS) is 17.4. The lowest BCUT2D eigenvalue weighted by Gasteiger charge is -2.32. The van der Waals surface area contributed by atoms with Gasteiger partial charge in [0, 0.05) is 16.6 Å². The molecule has 0 unspecified atom stereocenters. The van der Waals surface area contributed by atoms with Crippen molar-refractivity contribution >= 4 is 47.8 Å². The zero-order valence-electron chi connectivity index (χ0n) is 18.4. The summed E-state index contributed by atoms with van der Waals surface area (Å²) >= 11 is 2.54. The van der Waals surface area contributed by atoms with Crippen LogP contribution in [0.4, 0.5) is 0 Å². The van der Waals surface area contributed by atoms with Crippen molar-refractivity contribution in [3.63, 3.8) is 0 Å². The molecule has 31 heavy (non-hydrogen) atoms. The highest BCUT2D eigenvalue weighted by molar-refractivity contribution is 7.98. The number of rotatable bonds is 7. The largest absolute Gasteiger partial charge is 0.496 e. The van der Waals surface area contributed by atoms with Crippen LogP contribution in [0, 0.1) is 0 Å². The second-order valence-corrected chi connectivity index (χ2v) is 9.53. The average molecular weight is 460 g/mol. The quantitative estimate of drug-likeness (QED) is 0.212. The molecule has 0 radical (unpaired) electrons. The van der Waals surface area contributed by atoms with Crippen molar-refractivity contribution in [2.75, 3.05) is 12.9 Å². The number of fused-ring (bicyclic) bond motifs is 1. The highest BCUT2D eigenvalue weighted by Gasteiger charge is 2.52. The molecule has 0 bridgehead atoms. The number of nitrogens with zero attached hydrogens (tertiary/aromatic N) is 2. The lowest BCUT2D eigenvalue weighted by atomic mass is 9.80. The van der Waals surface area contributed by atoms with Gasteiger partial charge >= 0.3 is 7.12 Å². The second kappa shape index (κ2) is 8.67. The van der Waals surface area contributed by atoms with Crippen LogP contribution in [-0.2, 0) is 13.5 Å². The Morgan fingerprint density at radius 1 is 1.10 bits per heavy atom. The van der Waals surface area contributed by atoms with E-state index in [1.165, 1.54) is 0 Å². The minimum absolute atomic E-state index is 0.376. The van der Waals surface area contributed by atoms with Gasteiger partial charge in [0.1, 0.15) is 5.52 Å². The van der Waals surface area contributed by atoms with E-state index in [9.17, 15) is 0 Å². The molecule has 1 aliphatic rings. The van der Waals surface area contributed by atoms with Crippen molar-refractivity contribution in [1.82, 2.24) is 9.97 Å². The van der Waals surface area contributed by atoms with Gasteiger partial charge in [0.2, 0.25) is 18.2 Å². The molecule has 1 saturated heterocycles. The SMILES string of the molecule is CCOSOc1cc(B2OC(C)(C)C(C)(C)O2)cnc1-c1nc2cc(SC)ccc2o1. The van der Waals surface area contributed by atoms with Crippen LogP contribution in [0.5, 0.6) is 5.75 Å². The third-order valence-electron chi connectivity index (χ3n) is 5.49. The fraction of sp³-hybridized carbons (Fsp3) is 0.429. The molecule has 0 N–H and O–H groups in total. The summed E-state index contributed by atoms with van der Waals surface area (Å²) in [7, 11) is -0.557. The van der Waals surface area contributed by atoms with Crippen molar-refractivity contribution in [3.05, 3.63) is 30.5 Å². The number of aromatic nitrogens is 2. The fourth-order valence-electron chi connectivity index (χ4n) is 3.04. The van der Waals surface area contributed by atoms with Gasteiger partial charge in [-0.2, -0.15) is 0 Å². The Morgan fingerprint density at radius 3 is 2.52 bits per heavy atom. The van der Waals surface area contributed by atoms with E-state index in [2.05, 4.69) is 9.97 Å². The van der Waals surface area contributed by atoms with Crippen molar-refractivity contribution < 1.29 is 22.1 Å². The first-order valence-corrected chi connectivity index (χ1v) is 11.9. The topological polar surface area (TPSA) is 75.8 Å². The molecule has 3 aromatic rings. The molecule has 0 saturated carbocycles. The van der Waals surface area contributed by atoms with Gasteiger partial charge in [-0.1, -0.05) is 0 Å². The van der Waals surface area contributed by atoms with E-state index in [1.807, 2.05) is 65.1 Å². The van der Waals surface area contributed by atoms with Crippen LogP contribution < -0.4 is 9.65 Å². The van der Waals surface area contributed by atoms with Crippen molar-refractivity contribution in [2.45, 2.75) is 50.7 Å². The maximum Gasteiger partial charge on any atom is 0.496 e. The van der Waals surface area contributed by atoms with Gasteiger partial charge in [0.05, 0.1) is 17.8 Å². The summed E-state index contributed by atoms with van der Waals surface area (Å²) < 4.78 is 29.4. The van der Waals surface area contributed by atoms with Crippen LogP contribution in [-0.4, -0.2) is 41.2 Å². The van der Waals surface area contributed by atoms with Crippen molar-refractivity contribution in [2.24, 2.45) is 0 Å². The molecular formula is C21H25BN2O5S2. The Kier molecular flexibility index (Phi) is 6.29. The molecule has 3 heterocycles. The summed E-state index contributed by atoms with van der Waals surface area (Å²) in [4.78, 5) is 10.3. The lowest BCUT2D eigenvalue weighted by Crippen LogP contribution is -2.41. The highest BCUT2D eigenvalue weighted by atomic mass is 32.2. The number of oxazole rings is 1. The molecule has 4 rings (SSSR count). The van der Waals surface area contributed by atoms with Crippen LogP contribution in [0.2, 0.25) is 0 Å². The molecule has 1 fully saturated rings. The molecule has 1 aliphatic heterocycles. The molecule has 0 amide bonds. The number of hydrogen-bond donors (Lipinski definition) is 0. The van der Waals surface area contributed by atoms with E-state index in [0.29, 0.717) is 29.5 Å². The molecule has 1 aromatic carbocycles.